The Morgan fingerprint density at radius 2 is 1.89 bits per heavy atom. The number of thiophene rings is 1. The predicted octanol–water partition coefficient (Wildman–Crippen LogP) is 5.79. The van der Waals surface area contributed by atoms with Gasteiger partial charge in [-0.15, -0.1) is 0 Å². The summed E-state index contributed by atoms with van der Waals surface area (Å²) in [7, 11) is 0. The van der Waals surface area contributed by atoms with Crippen LogP contribution in [0.15, 0.2) is 41.1 Å². The van der Waals surface area contributed by atoms with Crippen LogP contribution in [0.25, 0.3) is 0 Å². The van der Waals surface area contributed by atoms with Crippen molar-refractivity contribution in [2.24, 2.45) is 0 Å². The van der Waals surface area contributed by atoms with Crippen molar-refractivity contribution >= 4 is 17.0 Å². The molecule has 0 aliphatic rings. The molecule has 2 heteroatoms. The van der Waals surface area contributed by atoms with Crippen LogP contribution < -0.4 is 5.32 Å². The first-order valence-electron chi connectivity index (χ1n) is 7.15. The zero-order valence-electron chi connectivity index (χ0n) is 11.9. The maximum absolute atomic E-state index is 3.67. The normalized spacial score (nSPS) is 12.3. The molecule has 1 aromatic carbocycles. The van der Waals surface area contributed by atoms with Crippen LogP contribution in [0.1, 0.15) is 49.8 Å². The second kappa shape index (κ2) is 7.34. The third-order valence-electron chi connectivity index (χ3n) is 3.43. The smallest absolute Gasteiger partial charge is 0.0522 e. The Bertz CT molecular complexity index is 459. The van der Waals surface area contributed by atoms with Gasteiger partial charge >= 0.3 is 0 Å². The van der Waals surface area contributed by atoms with Gasteiger partial charge in [0.2, 0.25) is 0 Å². The van der Waals surface area contributed by atoms with E-state index in [9.17, 15) is 0 Å². The van der Waals surface area contributed by atoms with Crippen LogP contribution in [0.5, 0.6) is 0 Å². The van der Waals surface area contributed by atoms with Crippen LogP contribution in [-0.2, 0) is 0 Å². The van der Waals surface area contributed by atoms with Gasteiger partial charge in [0.05, 0.1) is 6.04 Å². The van der Waals surface area contributed by atoms with Crippen LogP contribution in [0, 0.1) is 6.92 Å². The molecular weight excluding hydrogens is 250 g/mol. The van der Waals surface area contributed by atoms with Crippen LogP contribution in [0.2, 0.25) is 0 Å². The zero-order chi connectivity index (χ0) is 13.5. The summed E-state index contributed by atoms with van der Waals surface area (Å²) < 4.78 is 0. The Labute approximate surface area is 120 Å². The van der Waals surface area contributed by atoms with Gasteiger partial charge in [-0.05, 0) is 47.9 Å². The molecule has 0 aliphatic heterocycles. The molecule has 1 aromatic heterocycles. The molecule has 2 aromatic rings. The molecule has 102 valence electrons. The van der Waals surface area contributed by atoms with E-state index in [1.807, 2.05) is 0 Å². The number of nitrogens with one attached hydrogen (secondary N) is 1. The highest BCUT2D eigenvalue weighted by Gasteiger charge is 2.11. The van der Waals surface area contributed by atoms with Gasteiger partial charge in [-0.25, -0.2) is 0 Å². The Kier molecular flexibility index (Phi) is 5.46. The molecule has 0 amide bonds. The molecule has 2 rings (SSSR count). The number of benzene rings is 1. The largest absolute Gasteiger partial charge is 0.378 e. The van der Waals surface area contributed by atoms with E-state index < -0.39 is 0 Å². The lowest BCUT2D eigenvalue weighted by molar-refractivity contribution is 0.607. The first kappa shape index (κ1) is 14.1. The average Bonchev–Trinajstić information content (AvgIpc) is 2.94. The van der Waals surface area contributed by atoms with Crippen molar-refractivity contribution in [3.63, 3.8) is 0 Å². The highest BCUT2D eigenvalue weighted by atomic mass is 32.1. The van der Waals surface area contributed by atoms with E-state index in [2.05, 4.69) is 60.3 Å². The number of unbranched alkanes of at least 4 members (excludes halogenated alkanes) is 2. The molecule has 0 unspecified atom stereocenters. The van der Waals surface area contributed by atoms with Crippen molar-refractivity contribution in [2.45, 2.75) is 45.6 Å². The van der Waals surface area contributed by atoms with Gasteiger partial charge in [0.25, 0.3) is 0 Å². The first-order valence-corrected chi connectivity index (χ1v) is 8.09. The molecule has 0 radical (unpaired) electrons. The monoisotopic (exact) mass is 273 g/mol. The molecular formula is C17H23NS. The summed E-state index contributed by atoms with van der Waals surface area (Å²) in [6, 6.07) is 11.4. The summed E-state index contributed by atoms with van der Waals surface area (Å²) in [4.78, 5) is 0. The standard InChI is InChI=1S/C17H23NS/c1-3-4-5-6-17(15-11-12-19-13-15)18-16-9-7-14(2)8-10-16/h7-13,17-18H,3-6H2,1-2H3/t17-/m0/s1. The molecule has 1 heterocycles. The fraction of sp³-hybridized carbons (Fsp3) is 0.412. The molecule has 1 atom stereocenters. The fourth-order valence-electron chi connectivity index (χ4n) is 2.24. The molecule has 1 N–H and O–H groups in total. The van der Waals surface area contributed by atoms with Crippen LogP contribution >= 0.6 is 11.3 Å². The second-order valence-electron chi connectivity index (χ2n) is 5.12. The average molecular weight is 273 g/mol. The molecule has 0 aliphatic carbocycles. The second-order valence-corrected chi connectivity index (χ2v) is 5.90. The Morgan fingerprint density at radius 1 is 1.11 bits per heavy atom. The SMILES string of the molecule is CCCCC[C@H](Nc1ccc(C)cc1)c1ccsc1. The number of aryl methyl sites for hydroxylation is 1. The van der Waals surface area contributed by atoms with Gasteiger partial charge in [-0.3, -0.25) is 0 Å². The lowest BCUT2D eigenvalue weighted by atomic mass is 10.0. The Balaban J connectivity index is 2.02. The van der Waals surface area contributed by atoms with E-state index in [1.165, 1.54) is 42.5 Å². The van der Waals surface area contributed by atoms with Crippen LogP contribution in [0.3, 0.4) is 0 Å². The van der Waals surface area contributed by atoms with Crippen molar-refractivity contribution in [3.8, 4) is 0 Å². The topological polar surface area (TPSA) is 12.0 Å². The Hall–Kier alpha value is -1.28. The number of rotatable bonds is 7. The highest BCUT2D eigenvalue weighted by Crippen LogP contribution is 2.26. The van der Waals surface area contributed by atoms with Crippen LogP contribution in [0.4, 0.5) is 5.69 Å². The van der Waals surface area contributed by atoms with E-state index in [0.29, 0.717) is 6.04 Å². The molecule has 0 spiro atoms. The third-order valence-corrected chi connectivity index (χ3v) is 4.14. The van der Waals surface area contributed by atoms with E-state index in [0.717, 1.165) is 0 Å². The van der Waals surface area contributed by atoms with Gasteiger partial charge in [0.1, 0.15) is 0 Å². The summed E-state index contributed by atoms with van der Waals surface area (Å²) in [6.07, 6.45) is 5.09. The quantitative estimate of drug-likeness (QED) is 0.629. The van der Waals surface area contributed by atoms with Crippen molar-refractivity contribution in [2.75, 3.05) is 5.32 Å². The maximum atomic E-state index is 3.67. The molecule has 0 saturated heterocycles. The van der Waals surface area contributed by atoms with E-state index in [4.69, 9.17) is 0 Å². The number of hydrogen-bond donors (Lipinski definition) is 1. The van der Waals surface area contributed by atoms with Gasteiger partial charge in [-0.2, -0.15) is 11.3 Å². The summed E-state index contributed by atoms with van der Waals surface area (Å²) in [5, 5.41) is 8.10. The predicted molar refractivity (Wildman–Crippen MR) is 86.0 cm³/mol. The van der Waals surface area contributed by atoms with Crippen LogP contribution in [-0.4, -0.2) is 0 Å². The first-order chi connectivity index (χ1) is 9.29. The highest BCUT2D eigenvalue weighted by molar-refractivity contribution is 7.08. The lowest BCUT2D eigenvalue weighted by Gasteiger charge is -2.19. The number of anilines is 1. The summed E-state index contributed by atoms with van der Waals surface area (Å²) in [5.41, 5.74) is 3.95. The maximum Gasteiger partial charge on any atom is 0.0522 e. The minimum Gasteiger partial charge on any atom is -0.378 e. The summed E-state index contributed by atoms with van der Waals surface area (Å²) in [6.45, 7) is 4.38. The molecule has 0 fully saturated rings. The third kappa shape index (κ3) is 4.39. The molecule has 0 bridgehead atoms. The van der Waals surface area contributed by atoms with Crippen molar-refractivity contribution in [1.82, 2.24) is 0 Å². The molecule has 19 heavy (non-hydrogen) atoms. The van der Waals surface area contributed by atoms with Gasteiger partial charge < -0.3 is 5.32 Å². The van der Waals surface area contributed by atoms with Crippen molar-refractivity contribution in [3.05, 3.63) is 52.2 Å². The number of hydrogen-bond acceptors (Lipinski definition) is 2. The summed E-state index contributed by atoms with van der Waals surface area (Å²) in [5.74, 6) is 0. The van der Waals surface area contributed by atoms with Gasteiger partial charge in [-0.1, -0.05) is 43.9 Å². The van der Waals surface area contributed by atoms with Crippen molar-refractivity contribution < 1.29 is 0 Å². The minimum atomic E-state index is 0.445. The van der Waals surface area contributed by atoms with Crippen molar-refractivity contribution in [1.29, 1.82) is 0 Å². The minimum absolute atomic E-state index is 0.445. The molecule has 1 nitrogen and oxygen atoms in total. The fourth-order valence-corrected chi connectivity index (χ4v) is 2.96. The van der Waals surface area contributed by atoms with Gasteiger partial charge in [0.15, 0.2) is 0 Å². The lowest BCUT2D eigenvalue weighted by Crippen LogP contribution is -2.10. The van der Waals surface area contributed by atoms with Gasteiger partial charge in [0, 0.05) is 5.69 Å². The summed E-state index contributed by atoms with van der Waals surface area (Å²) >= 11 is 1.78. The van der Waals surface area contributed by atoms with E-state index in [1.54, 1.807) is 11.3 Å². The van der Waals surface area contributed by atoms with E-state index in [-0.39, 0.29) is 0 Å². The zero-order valence-corrected chi connectivity index (χ0v) is 12.7. The molecule has 0 saturated carbocycles. The Morgan fingerprint density at radius 3 is 2.53 bits per heavy atom. The van der Waals surface area contributed by atoms with E-state index >= 15 is 0 Å².